The fourth-order valence-electron chi connectivity index (χ4n) is 11.9. The number of hydrogen-bond acceptors (Lipinski definition) is 0. The molecule has 0 N–H and O–H groups in total. The van der Waals surface area contributed by atoms with Crippen LogP contribution >= 0.6 is 0 Å². The fourth-order valence-corrected chi connectivity index (χ4v) is 21.7. The van der Waals surface area contributed by atoms with Crippen molar-refractivity contribution in [3.63, 3.8) is 0 Å². The van der Waals surface area contributed by atoms with Gasteiger partial charge in [-0.05, 0) is 84.0 Å². The van der Waals surface area contributed by atoms with Crippen LogP contribution in [0, 0.1) is 0 Å². The highest BCUT2D eigenvalue weighted by molar-refractivity contribution is 7.22. The molecule has 2 heterocycles. The van der Waals surface area contributed by atoms with Crippen molar-refractivity contribution in [2.24, 2.45) is 0 Å². The van der Waals surface area contributed by atoms with Gasteiger partial charge in [-0.2, -0.15) is 0 Å². The lowest BCUT2D eigenvalue weighted by Crippen LogP contribution is -2.78. The zero-order valence-corrected chi connectivity index (χ0v) is 40.6. The Balaban J connectivity index is 1.23. The molecule has 13 rings (SSSR count). The summed E-state index contributed by atoms with van der Waals surface area (Å²) >= 11 is 0. The van der Waals surface area contributed by atoms with E-state index >= 15 is 0 Å². The Bertz CT molecular complexity index is 3590. The van der Waals surface area contributed by atoms with E-state index in [4.69, 9.17) is 0 Å². The van der Waals surface area contributed by atoms with Gasteiger partial charge in [0, 0.05) is 27.2 Å². The van der Waals surface area contributed by atoms with E-state index in [1.54, 1.807) is 0 Å². The molecule has 0 aliphatic rings. The normalized spacial score (nSPS) is 12.0. The van der Waals surface area contributed by atoms with Gasteiger partial charge in [0.05, 0.1) is 27.8 Å². The van der Waals surface area contributed by atoms with Crippen molar-refractivity contribution < 1.29 is 0 Å². The first-order valence-electron chi connectivity index (χ1n) is 24.3. The molecule has 0 bridgehead atoms. The van der Waals surface area contributed by atoms with E-state index in [0.717, 1.165) is 5.69 Å². The summed E-state index contributed by atoms with van der Waals surface area (Å²) in [7, 11) is -6.21. The molecule has 0 fully saturated rings. The molecule has 70 heavy (non-hydrogen) atoms. The lowest BCUT2D eigenvalue weighted by Gasteiger charge is -2.38. The van der Waals surface area contributed by atoms with Gasteiger partial charge in [0.1, 0.15) is 0 Å². The van der Waals surface area contributed by atoms with Crippen LogP contribution < -0.4 is 41.5 Å². The average molecular weight is 925 g/mol. The van der Waals surface area contributed by atoms with Gasteiger partial charge >= 0.3 is 0 Å². The lowest BCUT2D eigenvalue weighted by atomic mass is 10.1. The number of hydrogen-bond donors (Lipinski definition) is 0. The third-order valence-corrected chi connectivity index (χ3v) is 24.3. The fraction of sp³-hybridized carbons (Fsp3) is 0. The first-order chi connectivity index (χ1) is 34.8. The topological polar surface area (TPSA) is 9.86 Å². The molecule has 0 unspecified atom stereocenters. The summed E-state index contributed by atoms with van der Waals surface area (Å²) in [5, 5.41) is 15.7. The Hall–Kier alpha value is -8.55. The number of nitrogens with zero attached hydrogens (tertiary/aromatic N) is 2. The van der Waals surface area contributed by atoms with E-state index in [2.05, 4.69) is 300 Å². The second kappa shape index (κ2) is 17.2. The maximum absolute atomic E-state index is 3.10. The molecule has 330 valence electrons. The summed E-state index contributed by atoms with van der Waals surface area (Å²) in [5.74, 6) is 0. The van der Waals surface area contributed by atoms with E-state index in [1.165, 1.54) is 90.8 Å². The zero-order chi connectivity index (χ0) is 46.5. The third kappa shape index (κ3) is 6.38. The maximum atomic E-state index is 2.65. The molecule has 11 aromatic carbocycles. The van der Waals surface area contributed by atoms with Gasteiger partial charge in [0.2, 0.25) is 0 Å². The Morgan fingerprint density at radius 1 is 0.214 bits per heavy atom. The molecule has 0 spiro atoms. The van der Waals surface area contributed by atoms with E-state index in [0.29, 0.717) is 0 Å². The van der Waals surface area contributed by atoms with Crippen molar-refractivity contribution in [1.82, 2.24) is 9.13 Å². The quantitative estimate of drug-likeness (QED) is 0.0956. The molecule has 0 aliphatic carbocycles. The molecule has 0 radical (unpaired) electrons. The van der Waals surface area contributed by atoms with Gasteiger partial charge in [-0.25, -0.2) is 0 Å². The van der Waals surface area contributed by atoms with Crippen molar-refractivity contribution in [2.45, 2.75) is 0 Å². The van der Waals surface area contributed by atoms with Gasteiger partial charge in [-0.15, -0.1) is 0 Å². The second-order valence-corrected chi connectivity index (χ2v) is 26.0. The van der Waals surface area contributed by atoms with Crippen LogP contribution in [0.25, 0.3) is 55.0 Å². The van der Waals surface area contributed by atoms with E-state index < -0.39 is 16.1 Å². The summed E-state index contributed by atoms with van der Waals surface area (Å²) in [6, 6.07) is 110. The van der Waals surface area contributed by atoms with Crippen molar-refractivity contribution in [1.29, 1.82) is 0 Å². The van der Waals surface area contributed by atoms with Crippen LogP contribution in [0.2, 0.25) is 0 Å². The number of para-hydroxylation sites is 3. The summed E-state index contributed by atoms with van der Waals surface area (Å²) in [6.07, 6.45) is 0. The Kier molecular flexibility index (Phi) is 10.2. The zero-order valence-electron chi connectivity index (χ0n) is 38.6. The lowest BCUT2D eigenvalue weighted by molar-refractivity contribution is 1.17. The summed E-state index contributed by atoms with van der Waals surface area (Å²) in [4.78, 5) is 0. The van der Waals surface area contributed by atoms with E-state index in [9.17, 15) is 0 Å². The van der Waals surface area contributed by atoms with Crippen molar-refractivity contribution >= 4 is 101 Å². The van der Waals surface area contributed by atoms with Crippen molar-refractivity contribution in [2.75, 3.05) is 0 Å². The molecule has 0 saturated carbocycles. The molecular weight excluding hydrogens is 877 g/mol. The van der Waals surface area contributed by atoms with Crippen LogP contribution in [0.3, 0.4) is 0 Å². The van der Waals surface area contributed by atoms with E-state index in [1.807, 2.05) is 0 Å². The van der Waals surface area contributed by atoms with Gasteiger partial charge in [-0.1, -0.05) is 249 Å². The van der Waals surface area contributed by atoms with Gasteiger partial charge in [0.25, 0.3) is 0 Å². The van der Waals surface area contributed by atoms with Crippen molar-refractivity contribution in [3.8, 4) is 11.4 Å². The number of rotatable bonds is 10. The smallest absolute Gasteiger partial charge is 0.179 e. The van der Waals surface area contributed by atoms with E-state index in [-0.39, 0.29) is 0 Å². The monoisotopic (exact) mass is 924 g/mol. The molecule has 0 atom stereocenters. The SMILES string of the molecule is c1ccc([Si](c2ccccc2)(c2ccccc2)c2cc(-n3c4ccccc4c4c(-n5c6ccccc6c6ccccc65)cccc43)cc([Si](c3ccccc3)(c3ccccc3)c3ccccc3)c2)cc1. The maximum Gasteiger partial charge on any atom is 0.179 e. The summed E-state index contributed by atoms with van der Waals surface area (Å²) < 4.78 is 5.07. The summed E-state index contributed by atoms with van der Waals surface area (Å²) in [6.45, 7) is 0. The van der Waals surface area contributed by atoms with Gasteiger partial charge in [-0.3, -0.25) is 0 Å². The molecule has 2 aromatic heterocycles. The predicted octanol–water partition coefficient (Wildman–Crippen LogP) is 10.6. The largest absolute Gasteiger partial charge is 0.309 e. The van der Waals surface area contributed by atoms with Crippen LogP contribution in [-0.4, -0.2) is 25.3 Å². The first kappa shape index (κ1) is 41.6. The minimum absolute atomic E-state index is 1.15. The average Bonchev–Trinajstić information content (AvgIpc) is 3.97. The minimum atomic E-state index is -3.10. The second-order valence-electron chi connectivity index (χ2n) is 18.4. The van der Waals surface area contributed by atoms with Gasteiger partial charge < -0.3 is 9.13 Å². The van der Waals surface area contributed by atoms with Crippen LogP contribution in [0.4, 0.5) is 0 Å². The number of benzene rings is 11. The third-order valence-electron chi connectivity index (χ3n) is 14.8. The number of aromatic nitrogens is 2. The van der Waals surface area contributed by atoms with Gasteiger partial charge in [0.15, 0.2) is 16.1 Å². The Morgan fingerprint density at radius 3 is 0.886 bits per heavy atom. The summed E-state index contributed by atoms with van der Waals surface area (Å²) in [5.41, 5.74) is 7.06. The predicted molar refractivity (Wildman–Crippen MR) is 302 cm³/mol. The molecule has 13 aromatic rings. The molecule has 0 saturated heterocycles. The molecule has 0 amide bonds. The van der Waals surface area contributed by atoms with Crippen LogP contribution in [0.1, 0.15) is 0 Å². The molecular formula is C66H48N2Si2. The number of fused-ring (bicyclic) bond motifs is 6. The highest BCUT2D eigenvalue weighted by atomic mass is 28.3. The van der Waals surface area contributed by atoms with Crippen molar-refractivity contribution in [3.05, 3.63) is 291 Å². The van der Waals surface area contributed by atoms with Crippen LogP contribution in [0.5, 0.6) is 0 Å². The first-order valence-corrected chi connectivity index (χ1v) is 28.3. The standard InChI is InChI=1S/C66H48N2Si2/c1-7-26-50(27-8-1)69(51-28-9-2-10-29-51,52-30-11-3-12-31-52)56-46-49(47-57(48-56)70(53-32-13-4-14-33-53,54-34-15-5-16-35-54)55-36-17-6-18-37-55)67-63-43-24-21-40-60(63)66-64(67)44-25-45-65(66)68-61-41-22-19-38-58(61)59-39-20-23-42-62(59)68/h1-48H. The van der Waals surface area contributed by atoms with Crippen LogP contribution in [-0.2, 0) is 0 Å². The minimum Gasteiger partial charge on any atom is -0.309 e. The molecule has 2 nitrogen and oxygen atoms in total. The van der Waals surface area contributed by atoms with Crippen LogP contribution in [0.15, 0.2) is 291 Å². The Labute approximate surface area is 410 Å². The molecule has 4 heteroatoms. The molecule has 0 aliphatic heterocycles. The highest BCUT2D eigenvalue weighted by Crippen LogP contribution is 2.40. The Morgan fingerprint density at radius 2 is 0.514 bits per heavy atom. The highest BCUT2D eigenvalue weighted by Gasteiger charge is 2.46.